The number of hydrogen-bond acceptors (Lipinski definition) is 5. The molecule has 0 bridgehead atoms. The van der Waals surface area contributed by atoms with Gasteiger partial charge in [-0.15, -0.1) is 0 Å². The van der Waals surface area contributed by atoms with Gasteiger partial charge in [0.1, 0.15) is 5.82 Å². The summed E-state index contributed by atoms with van der Waals surface area (Å²) in [6.07, 6.45) is -3.83. The molecule has 0 aliphatic carbocycles. The Hall–Kier alpha value is -2.69. The third-order valence-electron chi connectivity index (χ3n) is 4.20. The average Bonchev–Trinajstić information content (AvgIpc) is 2.72. The van der Waals surface area contributed by atoms with Gasteiger partial charge in [0.25, 0.3) is 10.0 Å². The molecular formula is C20H17Cl2F3N4O2S. The van der Waals surface area contributed by atoms with Crippen LogP contribution in [0.2, 0.25) is 10.0 Å². The van der Waals surface area contributed by atoms with Gasteiger partial charge in [-0.2, -0.15) is 13.2 Å². The van der Waals surface area contributed by atoms with Crippen molar-refractivity contribution in [1.29, 1.82) is 0 Å². The van der Waals surface area contributed by atoms with Crippen molar-refractivity contribution < 1.29 is 21.6 Å². The van der Waals surface area contributed by atoms with Crippen molar-refractivity contribution in [3.05, 3.63) is 76.4 Å². The second-order valence-electron chi connectivity index (χ2n) is 6.51. The number of pyridine rings is 1. The van der Waals surface area contributed by atoms with Crippen LogP contribution in [0.5, 0.6) is 0 Å². The van der Waals surface area contributed by atoms with Crippen LogP contribution in [-0.2, 0) is 16.2 Å². The Kier molecular flexibility index (Phi) is 7.37. The lowest BCUT2D eigenvalue weighted by molar-refractivity contribution is -0.137. The highest BCUT2D eigenvalue weighted by Crippen LogP contribution is 2.32. The van der Waals surface area contributed by atoms with Gasteiger partial charge in [0.2, 0.25) is 0 Å². The van der Waals surface area contributed by atoms with Crippen molar-refractivity contribution in [1.82, 2.24) is 4.98 Å². The topological polar surface area (TPSA) is 83.1 Å². The molecule has 0 amide bonds. The van der Waals surface area contributed by atoms with E-state index in [0.29, 0.717) is 29.1 Å². The van der Waals surface area contributed by atoms with E-state index >= 15 is 0 Å². The molecule has 12 heteroatoms. The Morgan fingerprint density at radius 3 is 2.16 bits per heavy atom. The number of rotatable bonds is 8. The zero-order chi connectivity index (χ0) is 23.4. The lowest BCUT2D eigenvalue weighted by atomic mass is 10.2. The van der Waals surface area contributed by atoms with Crippen molar-refractivity contribution in [2.45, 2.75) is 11.1 Å². The highest BCUT2D eigenvalue weighted by atomic mass is 35.5. The molecular weight excluding hydrogens is 488 g/mol. The van der Waals surface area contributed by atoms with Crippen molar-refractivity contribution in [3.8, 4) is 0 Å². The highest BCUT2D eigenvalue weighted by molar-refractivity contribution is 7.92. The van der Waals surface area contributed by atoms with Crippen LogP contribution in [0.3, 0.4) is 0 Å². The molecule has 0 fully saturated rings. The first-order valence-electron chi connectivity index (χ1n) is 9.14. The first kappa shape index (κ1) is 24.0. The number of nitrogens with zero attached hydrogens (tertiary/aromatic N) is 1. The van der Waals surface area contributed by atoms with E-state index in [4.69, 9.17) is 23.2 Å². The molecule has 1 heterocycles. The minimum atomic E-state index is -4.53. The van der Waals surface area contributed by atoms with Crippen LogP contribution in [0.15, 0.2) is 65.7 Å². The predicted molar refractivity (Wildman–Crippen MR) is 120 cm³/mol. The number of halogens is 5. The van der Waals surface area contributed by atoms with Gasteiger partial charge in [0, 0.05) is 24.3 Å². The molecule has 32 heavy (non-hydrogen) atoms. The SMILES string of the molecule is O=S(=O)(Nc1ccccc1NCCNc1ncc(C(F)(F)F)cc1Cl)c1ccc(Cl)cc1. The Balaban J connectivity index is 1.62. The second-order valence-corrected chi connectivity index (χ2v) is 9.04. The van der Waals surface area contributed by atoms with Gasteiger partial charge >= 0.3 is 6.18 Å². The Bertz CT molecular complexity index is 1190. The van der Waals surface area contributed by atoms with Gasteiger partial charge in [-0.3, -0.25) is 4.72 Å². The number of hydrogen-bond donors (Lipinski definition) is 3. The zero-order valence-corrected chi connectivity index (χ0v) is 18.6. The van der Waals surface area contributed by atoms with Crippen LogP contribution in [0.25, 0.3) is 0 Å². The van der Waals surface area contributed by atoms with E-state index in [-0.39, 0.29) is 22.3 Å². The van der Waals surface area contributed by atoms with Crippen LogP contribution in [0, 0.1) is 0 Å². The van der Waals surface area contributed by atoms with Gasteiger partial charge < -0.3 is 10.6 Å². The van der Waals surface area contributed by atoms with Gasteiger partial charge in [-0.1, -0.05) is 35.3 Å². The van der Waals surface area contributed by atoms with E-state index in [1.807, 2.05) is 0 Å². The summed E-state index contributed by atoms with van der Waals surface area (Å²) in [7, 11) is -3.83. The Morgan fingerprint density at radius 2 is 1.53 bits per heavy atom. The maximum Gasteiger partial charge on any atom is 0.417 e. The molecule has 0 spiro atoms. The van der Waals surface area contributed by atoms with E-state index in [2.05, 4.69) is 20.3 Å². The lowest BCUT2D eigenvalue weighted by Crippen LogP contribution is -2.18. The molecule has 3 N–H and O–H groups in total. The monoisotopic (exact) mass is 504 g/mol. The molecule has 3 aromatic rings. The van der Waals surface area contributed by atoms with Crippen LogP contribution >= 0.6 is 23.2 Å². The van der Waals surface area contributed by atoms with Gasteiger partial charge in [0.15, 0.2) is 0 Å². The first-order valence-corrected chi connectivity index (χ1v) is 11.4. The predicted octanol–water partition coefficient (Wildman–Crippen LogP) is 5.73. The van der Waals surface area contributed by atoms with Crippen LogP contribution in [-0.4, -0.2) is 26.5 Å². The quantitative estimate of drug-likeness (QED) is 0.341. The normalized spacial score (nSPS) is 11.8. The number of anilines is 3. The molecule has 0 unspecified atom stereocenters. The van der Waals surface area contributed by atoms with Crippen molar-refractivity contribution in [2.75, 3.05) is 28.4 Å². The number of para-hydroxylation sites is 2. The standard InChI is InChI=1S/C20H17Cl2F3N4O2S/c21-14-5-7-15(8-6-14)32(30,31)29-18-4-2-1-3-17(18)26-9-10-27-19-16(22)11-13(12-28-19)20(23,24)25/h1-8,11-12,26,29H,9-10H2,(H,27,28). The molecule has 0 saturated heterocycles. The van der Waals surface area contributed by atoms with Crippen molar-refractivity contribution in [2.24, 2.45) is 0 Å². The van der Waals surface area contributed by atoms with E-state index in [1.165, 1.54) is 24.3 Å². The molecule has 3 rings (SSSR count). The zero-order valence-electron chi connectivity index (χ0n) is 16.2. The van der Waals surface area contributed by atoms with Gasteiger partial charge in [0.05, 0.1) is 26.9 Å². The maximum absolute atomic E-state index is 12.7. The molecule has 0 saturated carbocycles. The molecule has 0 aliphatic heterocycles. The Morgan fingerprint density at radius 1 is 0.906 bits per heavy atom. The van der Waals surface area contributed by atoms with Crippen molar-refractivity contribution >= 4 is 50.4 Å². The fraction of sp³-hybridized carbons (Fsp3) is 0.150. The third-order valence-corrected chi connectivity index (χ3v) is 6.12. The summed E-state index contributed by atoms with van der Waals surface area (Å²) in [4.78, 5) is 3.76. The smallest absolute Gasteiger partial charge is 0.382 e. The highest BCUT2D eigenvalue weighted by Gasteiger charge is 2.31. The van der Waals surface area contributed by atoms with Crippen LogP contribution < -0.4 is 15.4 Å². The average molecular weight is 505 g/mol. The summed E-state index contributed by atoms with van der Waals surface area (Å²) < 4.78 is 65.8. The van der Waals surface area contributed by atoms with E-state index in [9.17, 15) is 21.6 Å². The fourth-order valence-corrected chi connectivity index (χ4v) is 4.08. The van der Waals surface area contributed by atoms with Crippen molar-refractivity contribution in [3.63, 3.8) is 0 Å². The van der Waals surface area contributed by atoms with E-state index in [0.717, 1.165) is 6.07 Å². The molecule has 1 aromatic heterocycles. The summed E-state index contributed by atoms with van der Waals surface area (Å²) in [5.74, 6) is 0.109. The van der Waals surface area contributed by atoms with Crippen LogP contribution in [0.4, 0.5) is 30.4 Å². The summed E-state index contributed by atoms with van der Waals surface area (Å²) in [5.41, 5.74) is -0.0977. The minimum Gasteiger partial charge on any atom is -0.382 e. The van der Waals surface area contributed by atoms with Gasteiger partial charge in [-0.05, 0) is 42.5 Å². The lowest BCUT2D eigenvalue weighted by Gasteiger charge is -2.15. The largest absolute Gasteiger partial charge is 0.417 e. The Labute approximate surface area is 192 Å². The second kappa shape index (κ2) is 9.85. The molecule has 170 valence electrons. The summed E-state index contributed by atoms with van der Waals surface area (Å²) in [6.45, 7) is 0.565. The summed E-state index contributed by atoms with van der Waals surface area (Å²) in [5, 5.41) is 6.16. The van der Waals surface area contributed by atoms with E-state index in [1.54, 1.807) is 24.3 Å². The molecule has 0 atom stereocenters. The first-order chi connectivity index (χ1) is 15.1. The summed E-state index contributed by atoms with van der Waals surface area (Å²) in [6, 6.07) is 13.2. The number of nitrogens with one attached hydrogen (secondary N) is 3. The number of alkyl halides is 3. The minimum absolute atomic E-state index is 0.0568. The molecule has 0 aliphatic rings. The third kappa shape index (κ3) is 6.18. The number of aromatic nitrogens is 1. The molecule has 6 nitrogen and oxygen atoms in total. The number of sulfonamides is 1. The summed E-state index contributed by atoms with van der Waals surface area (Å²) >= 11 is 11.7. The molecule has 0 radical (unpaired) electrons. The fourth-order valence-electron chi connectivity index (χ4n) is 2.64. The van der Waals surface area contributed by atoms with E-state index < -0.39 is 21.8 Å². The number of benzene rings is 2. The maximum atomic E-state index is 12.7. The van der Waals surface area contributed by atoms with Crippen LogP contribution in [0.1, 0.15) is 5.56 Å². The van der Waals surface area contributed by atoms with Gasteiger partial charge in [-0.25, -0.2) is 13.4 Å². The molecule has 2 aromatic carbocycles.